The van der Waals surface area contributed by atoms with Gasteiger partial charge in [-0.2, -0.15) is 10.1 Å². The van der Waals surface area contributed by atoms with Crippen molar-refractivity contribution in [3.8, 4) is 0 Å². The van der Waals surface area contributed by atoms with Crippen molar-refractivity contribution in [3.63, 3.8) is 0 Å². The Labute approximate surface area is 172 Å². The molecule has 158 valence electrons. The molecule has 1 aromatic carbocycles. The molecule has 0 bridgehead atoms. The van der Waals surface area contributed by atoms with Gasteiger partial charge in [-0.1, -0.05) is 38.3 Å². The monoisotopic (exact) mass is 412 g/mol. The summed E-state index contributed by atoms with van der Waals surface area (Å²) >= 11 is 0. The lowest BCUT2D eigenvalue weighted by molar-refractivity contribution is 0.626. The molecule has 3 aromatic rings. The number of imidazole rings is 1. The fourth-order valence-electron chi connectivity index (χ4n) is 3.78. The highest BCUT2D eigenvalue weighted by Gasteiger charge is 2.27. The van der Waals surface area contributed by atoms with E-state index in [2.05, 4.69) is 11.9 Å². The first kappa shape index (κ1) is 20.1. The Morgan fingerprint density at radius 1 is 1.03 bits per heavy atom. The molecule has 0 N–H and O–H groups in total. The molecule has 0 radical (unpaired) electrons. The van der Waals surface area contributed by atoms with Crippen LogP contribution in [-0.4, -0.2) is 30.9 Å². The molecular weight excluding hydrogens is 387 g/mol. The van der Waals surface area contributed by atoms with E-state index >= 15 is 0 Å². The van der Waals surface area contributed by atoms with E-state index in [1.165, 1.54) is 23.7 Å². The van der Waals surface area contributed by atoms with Gasteiger partial charge in [-0.05, 0) is 24.1 Å². The van der Waals surface area contributed by atoms with E-state index in [-0.39, 0.29) is 5.82 Å². The molecule has 0 amide bonds. The first-order valence-electron chi connectivity index (χ1n) is 10.2. The second-order valence-electron chi connectivity index (χ2n) is 7.61. The van der Waals surface area contributed by atoms with E-state index in [9.17, 15) is 14.0 Å². The Balaban J connectivity index is 1.85. The Morgan fingerprint density at radius 2 is 1.77 bits per heavy atom. The third-order valence-electron chi connectivity index (χ3n) is 5.51. The molecule has 0 fully saturated rings. The third kappa shape index (κ3) is 3.34. The van der Waals surface area contributed by atoms with Crippen LogP contribution in [0.5, 0.6) is 0 Å². The first-order valence-corrected chi connectivity index (χ1v) is 10.2. The molecule has 0 spiro atoms. The number of fused-ring (bicyclic) bond motifs is 3. The van der Waals surface area contributed by atoms with Gasteiger partial charge in [-0.25, -0.2) is 14.2 Å². The number of unbranched alkanes of at least 4 members (excludes halogenated alkanes) is 3. The molecule has 3 heterocycles. The fourth-order valence-corrected chi connectivity index (χ4v) is 3.78. The summed E-state index contributed by atoms with van der Waals surface area (Å²) < 4.78 is 17.7. The Morgan fingerprint density at radius 3 is 2.47 bits per heavy atom. The average molecular weight is 412 g/mol. The lowest BCUT2D eigenvalue weighted by Crippen LogP contribution is -2.38. The number of hydrazone groups is 1. The van der Waals surface area contributed by atoms with Crippen LogP contribution in [0, 0.1) is 5.82 Å². The predicted molar refractivity (Wildman–Crippen MR) is 115 cm³/mol. The maximum atomic E-state index is 13.4. The number of rotatable bonds is 6. The van der Waals surface area contributed by atoms with Crippen LogP contribution >= 0.6 is 0 Å². The zero-order valence-electron chi connectivity index (χ0n) is 17.4. The van der Waals surface area contributed by atoms with Crippen LogP contribution in [0.3, 0.4) is 0 Å². The summed E-state index contributed by atoms with van der Waals surface area (Å²) in [6.07, 6.45) is 4.25. The van der Waals surface area contributed by atoms with Gasteiger partial charge in [-0.15, -0.1) is 0 Å². The van der Waals surface area contributed by atoms with Crippen LogP contribution in [-0.2, 0) is 20.6 Å². The van der Waals surface area contributed by atoms with Crippen molar-refractivity contribution in [2.24, 2.45) is 19.2 Å². The van der Waals surface area contributed by atoms with Gasteiger partial charge in [0.05, 0.1) is 12.3 Å². The number of nitrogens with zero attached hydrogens (tertiary/aromatic N) is 6. The molecule has 2 aromatic heterocycles. The number of halogens is 1. The summed E-state index contributed by atoms with van der Waals surface area (Å²) in [6.45, 7) is 3.11. The second-order valence-corrected chi connectivity index (χ2v) is 7.61. The molecule has 9 heteroatoms. The number of benzene rings is 1. The minimum atomic E-state index is -0.419. The van der Waals surface area contributed by atoms with Gasteiger partial charge in [0.1, 0.15) is 5.82 Å². The Hall–Kier alpha value is -3.23. The van der Waals surface area contributed by atoms with E-state index < -0.39 is 11.2 Å². The second kappa shape index (κ2) is 7.89. The number of aromatic nitrogens is 4. The summed E-state index contributed by atoms with van der Waals surface area (Å²) in [5.74, 6) is 0.231. The summed E-state index contributed by atoms with van der Waals surface area (Å²) in [5.41, 5.74) is 1.39. The minimum absolute atomic E-state index is 0.316. The topological polar surface area (TPSA) is 77.4 Å². The van der Waals surface area contributed by atoms with E-state index in [0.717, 1.165) is 35.8 Å². The van der Waals surface area contributed by atoms with Crippen molar-refractivity contribution in [1.29, 1.82) is 0 Å². The van der Waals surface area contributed by atoms with Gasteiger partial charge < -0.3 is 0 Å². The smallest absolute Gasteiger partial charge is 0.297 e. The zero-order valence-corrected chi connectivity index (χ0v) is 17.4. The number of aryl methyl sites for hydroxylation is 1. The normalized spacial score (nSPS) is 13.6. The largest absolute Gasteiger partial charge is 0.332 e. The van der Waals surface area contributed by atoms with E-state index in [4.69, 9.17) is 5.10 Å². The van der Waals surface area contributed by atoms with Gasteiger partial charge >= 0.3 is 5.69 Å². The van der Waals surface area contributed by atoms with Gasteiger partial charge in [0, 0.05) is 20.6 Å². The SMILES string of the molecule is CCCCCCN1N=C(c2ccc(F)cc2)Cn2c1nc1c2c(=O)n(C)c(=O)n1C. The van der Waals surface area contributed by atoms with Gasteiger partial charge in [0.2, 0.25) is 5.95 Å². The van der Waals surface area contributed by atoms with Crippen molar-refractivity contribution >= 4 is 22.8 Å². The third-order valence-corrected chi connectivity index (χ3v) is 5.51. The van der Waals surface area contributed by atoms with Crippen LogP contribution < -0.4 is 16.3 Å². The van der Waals surface area contributed by atoms with Crippen LogP contribution in [0.4, 0.5) is 10.3 Å². The Kier molecular flexibility index (Phi) is 5.27. The highest BCUT2D eigenvalue weighted by Crippen LogP contribution is 2.26. The zero-order chi connectivity index (χ0) is 21.4. The van der Waals surface area contributed by atoms with Crippen LogP contribution in [0.1, 0.15) is 38.2 Å². The molecule has 0 saturated carbocycles. The maximum absolute atomic E-state index is 13.4. The lowest BCUT2D eigenvalue weighted by Gasteiger charge is -2.26. The highest BCUT2D eigenvalue weighted by atomic mass is 19.1. The van der Waals surface area contributed by atoms with E-state index in [0.29, 0.717) is 35.9 Å². The number of hydrogen-bond acceptors (Lipinski definition) is 5. The molecule has 1 aliphatic rings. The molecule has 0 aliphatic carbocycles. The van der Waals surface area contributed by atoms with Crippen molar-refractivity contribution < 1.29 is 4.39 Å². The van der Waals surface area contributed by atoms with Crippen LogP contribution in [0.15, 0.2) is 39.0 Å². The molecule has 1 aliphatic heterocycles. The van der Waals surface area contributed by atoms with Crippen molar-refractivity contribution in [2.45, 2.75) is 39.2 Å². The molecule has 8 nitrogen and oxygen atoms in total. The molecule has 0 atom stereocenters. The summed E-state index contributed by atoms with van der Waals surface area (Å²) in [6, 6.07) is 6.16. The van der Waals surface area contributed by atoms with Crippen molar-refractivity contribution in [3.05, 3.63) is 56.5 Å². The molecule has 0 unspecified atom stereocenters. The van der Waals surface area contributed by atoms with Crippen molar-refractivity contribution in [1.82, 2.24) is 18.7 Å². The summed E-state index contributed by atoms with van der Waals surface area (Å²) in [5, 5.41) is 6.56. The lowest BCUT2D eigenvalue weighted by atomic mass is 10.1. The summed E-state index contributed by atoms with van der Waals surface area (Å²) in [4.78, 5) is 29.9. The van der Waals surface area contributed by atoms with E-state index in [1.807, 2.05) is 4.57 Å². The summed E-state index contributed by atoms with van der Waals surface area (Å²) in [7, 11) is 3.07. The van der Waals surface area contributed by atoms with E-state index in [1.54, 1.807) is 24.2 Å². The minimum Gasteiger partial charge on any atom is -0.297 e. The predicted octanol–water partition coefficient (Wildman–Crippen LogP) is 2.38. The van der Waals surface area contributed by atoms with Crippen molar-refractivity contribution in [2.75, 3.05) is 11.6 Å². The molecule has 4 rings (SSSR count). The highest BCUT2D eigenvalue weighted by molar-refractivity contribution is 6.02. The average Bonchev–Trinajstić information content (AvgIpc) is 3.14. The Bertz CT molecular complexity index is 1240. The van der Waals surface area contributed by atoms with Crippen LogP contribution in [0.25, 0.3) is 11.2 Å². The number of hydrogen-bond donors (Lipinski definition) is 0. The molecular formula is C21H25FN6O2. The van der Waals surface area contributed by atoms with Crippen LogP contribution in [0.2, 0.25) is 0 Å². The number of anilines is 1. The maximum Gasteiger partial charge on any atom is 0.332 e. The fraction of sp³-hybridized carbons (Fsp3) is 0.429. The van der Waals surface area contributed by atoms with Gasteiger partial charge in [0.25, 0.3) is 5.56 Å². The quantitative estimate of drug-likeness (QED) is 0.583. The molecule has 0 saturated heterocycles. The van der Waals surface area contributed by atoms with Gasteiger partial charge in [-0.3, -0.25) is 18.5 Å². The molecule has 30 heavy (non-hydrogen) atoms. The standard InChI is InChI=1S/C21H25FN6O2/c1-4-5-6-7-12-28-20-23-18-17(19(29)26(3)21(30)25(18)2)27(20)13-16(24-28)14-8-10-15(22)11-9-14/h8-11H,4-7,12-13H2,1-3H3. The first-order chi connectivity index (χ1) is 14.4. The van der Waals surface area contributed by atoms with Gasteiger partial charge in [0.15, 0.2) is 11.2 Å².